The average Bonchev–Trinajstić information content (AvgIpc) is 2.12. The van der Waals surface area contributed by atoms with E-state index in [4.69, 9.17) is 0 Å². The van der Waals surface area contributed by atoms with Gasteiger partial charge in [0.1, 0.15) is 0 Å². The summed E-state index contributed by atoms with van der Waals surface area (Å²) in [6, 6.07) is 0.679. The van der Waals surface area contributed by atoms with Gasteiger partial charge >= 0.3 is 0 Å². The molecule has 0 aliphatic rings. The van der Waals surface area contributed by atoms with Crippen LogP contribution in [0.15, 0.2) is 12.7 Å². The van der Waals surface area contributed by atoms with Gasteiger partial charge in [-0.2, -0.15) is 0 Å². The first-order chi connectivity index (χ1) is 6.66. The Balaban J connectivity index is 3.19. The summed E-state index contributed by atoms with van der Waals surface area (Å²) in [6.45, 7) is 11.7. The first-order valence-corrected chi connectivity index (χ1v) is 6.01. The Labute approximate surface area is 90.0 Å². The Morgan fingerprint density at radius 1 is 1.14 bits per heavy atom. The smallest absolute Gasteiger partial charge is 0.00387 e. The van der Waals surface area contributed by atoms with Crippen LogP contribution in [0, 0.1) is 5.92 Å². The van der Waals surface area contributed by atoms with Gasteiger partial charge < -0.3 is 5.32 Å². The molecular weight excluding hydrogens is 170 g/mol. The molecule has 0 aliphatic heterocycles. The fraction of sp³-hybridized carbons (Fsp3) is 0.846. The lowest BCUT2D eigenvalue weighted by atomic mass is 10.0. The van der Waals surface area contributed by atoms with Crippen molar-refractivity contribution >= 4 is 0 Å². The lowest BCUT2D eigenvalue weighted by molar-refractivity contribution is 0.455. The van der Waals surface area contributed by atoms with E-state index in [1.54, 1.807) is 0 Å². The van der Waals surface area contributed by atoms with Gasteiger partial charge in [0.2, 0.25) is 0 Å². The molecule has 0 radical (unpaired) electrons. The number of hydrogen-bond donors (Lipinski definition) is 1. The van der Waals surface area contributed by atoms with Crippen molar-refractivity contribution in [3.63, 3.8) is 0 Å². The number of hydrogen-bond acceptors (Lipinski definition) is 1. The molecule has 1 nitrogen and oxygen atoms in total. The number of allylic oxidation sites excluding steroid dienone is 1. The van der Waals surface area contributed by atoms with Crippen LogP contribution in [0.1, 0.15) is 52.9 Å². The maximum atomic E-state index is 3.72. The predicted molar refractivity (Wildman–Crippen MR) is 65.6 cm³/mol. The van der Waals surface area contributed by atoms with Gasteiger partial charge in [0.05, 0.1) is 0 Å². The molecule has 0 heterocycles. The molecule has 0 saturated carbocycles. The van der Waals surface area contributed by atoms with E-state index in [0.29, 0.717) is 6.04 Å². The Hall–Kier alpha value is -0.300. The van der Waals surface area contributed by atoms with E-state index < -0.39 is 0 Å². The standard InChI is InChI=1S/C13H27N/c1-5-6-7-11-14-13(4)10-8-9-12(2)3/h5,12-14H,1,6-11H2,2-4H3. The molecular formula is C13H27N. The first-order valence-electron chi connectivity index (χ1n) is 6.01. The summed E-state index contributed by atoms with van der Waals surface area (Å²) in [6.07, 6.45) is 8.37. The Kier molecular flexibility index (Phi) is 9.06. The second-order valence-electron chi connectivity index (χ2n) is 4.61. The third-order valence-corrected chi connectivity index (χ3v) is 2.50. The van der Waals surface area contributed by atoms with Crippen molar-refractivity contribution in [2.75, 3.05) is 6.54 Å². The summed E-state index contributed by atoms with van der Waals surface area (Å²) in [4.78, 5) is 0. The Bertz CT molecular complexity index is 129. The Morgan fingerprint density at radius 2 is 1.86 bits per heavy atom. The van der Waals surface area contributed by atoms with Crippen LogP contribution >= 0.6 is 0 Å². The summed E-state index contributed by atoms with van der Waals surface area (Å²) in [7, 11) is 0. The summed E-state index contributed by atoms with van der Waals surface area (Å²) < 4.78 is 0. The van der Waals surface area contributed by atoms with Gasteiger partial charge in [0.25, 0.3) is 0 Å². The highest BCUT2D eigenvalue weighted by Crippen LogP contribution is 2.08. The van der Waals surface area contributed by atoms with Crippen LogP contribution in [0.3, 0.4) is 0 Å². The van der Waals surface area contributed by atoms with Gasteiger partial charge in [-0.15, -0.1) is 6.58 Å². The molecule has 14 heavy (non-hydrogen) atoms. The van der Waals surface area contributed by atoms with Gasteiger partial charge in [-0.3, -0.25) is 0 Å². The van der Waals surface area contributed by atoms with E-state index in [1.165, 1.54) is 25.7 Å². The minimum absolute atomic E-state index is 0.679. The summed E-state index contributed by atoms with van der Waals surface area (Å²) in [5.41, 5.74) is 0. The molecule has 0 spiro atoms. The lowest BCUT2D eigenvalue weighted by Crippen LogP contribution is -2.26. The summed E-state index contributed by atoms with van der Waals surface area (Å²) >= 11 is 0. The van der Waals surface area contributed by atoms with Crippen molar-refractivity contribution in [3.05, 3.63) is 12.7 Å². The molecule has 1 atom stereocenters. The highest BCUT2D eigenvalue weighted by atomic mass is 14.9. The minimum Gasteiger partial charge on any atom is -0.314 e. The third-order valence-electron chi connectivity index (χ3n) is 2.50. The zero-order valence-electron chi connectivity index (χ0n) is 10.2. The average molecular weight is 197 g/mol. The van der Waals surface area contributed by atoms with Crippen LogP contribution in [-0.4, -0.2) is 12.6 Å². The largest absolute Gasteiger partial charge is 0.314 e. The van der Waals surface area contributed by atoms with E-state index >= 15 is 0 Å². The maximum Gasteiger partial charge on any atom is 0.00387 e. The zero-order chi connectivity index (χ0) is 10.8. The van der Waals surface area contributed by atoms with Crippen LogP contribution in [0.25, 0.3) is 0 Å². The van der Waals surface area contributed by atoms with E-state index in [2.05, 4.69) is 32.7 Å². The van der Waals surface area contributed by atoms with Gasteiger partial charge in [-0.25, -0.2) is 0 Å². The van der Waals surface area contributed by atoms with E-state index in [0.717, 1.165) is 18.9 Å². The van der Waals surface area contributed by atoms with Crippen molar-refractivity contribution in [1.82, 2.24) is 5.32 Å². The van der Waals surface area contributed by atoms with Crippen molar-refractivity contribution in [2.45, 2.75) is 58.9 Å². The number of rotatable bonds is 9. The quantitative estimate of drug-likeness (QED) is 0.438. The molecule has 0 aliphatic carbocycles. The molecule has 1 unspecified atom stereocenters. The third kappa shape index (κ3) is 9.79. The monoisotopic (exact) mass is 197 g/mol. The zero-order valence-corrected chi connectivity index (χ0v) is 10.2. The normalized spacial score (nSPS) is 13.1. The maximum absolute atomic E-state index is 3.72. The molecule has 84 valence electrons. The molecule has 0 saturated heterocycles. The minimum atomic E-state index is 0.679. The van der Waals surface area contributed by atoms with Crippen molar-refractivity contribution in [3.8, 4) is 0 Å². The van der Waals surface area contributed by atoms with Crippen LogP contribution < -0.4 is 5.32 Å². The number of unbranched alkanes of at least 4 members (excludes halogenated alkanes) is 1. The number of nitrogens with one attached hydrogen (secondary N) is 1. The highest BCUT2D eigenvalue weighted by Gasteiger charge is 2.01. The second-order valence-corrected chi connectivity index (χ2v) is 4.61. The molecule has 0 rings (SSSR count). The van der Waals surface area contributed by atoms with E-state index in [-0.39, 0.29) is 0 Å². The molecule has 0 bridgehead atoms. The van der Waals surface area contributed by atoms with Crippen LogP contribution in [0.4, 0.5) is 0 Å². The molecule has 0 aromatic rings. The van der Waals surface area contributed by atoms with Gasteiger partial charge in [0.15, 0.2) is 0 Å². The van der Waals surface area contributed by atoms with Crippen LogP contribution in [0.2, 0.25) is 0 Å². The van der Waals surface area contributed by atoms with Gasteiger partial charge in [-0.05, 0) is 38.6 Å². The predicted octanol–water partition coefficient (Wildman–Crippen LogP) is 3.76. The molecule has 0 aromatic carbocycles. The second kappa shape index (κ2) is 9.26. The van der Waals surface area contributed by atoms with Crippen molar-refractivity contribution < 1.29 is 0 Å². The Morgan fingerprint density at radius 3 is 2.43 bits per heavy atom. The van der Waals surface area contributed by atoms with E-state index in [9.17, 15) is 0 Å². The highest BCUT2D eigenvalue weighted by molar-refractivity contribution is 4.68. The SMILES string of the molecule is C=CCCCNC(C)CCCC(C)C. The van der Waals surface area contributed by atoms with E-state index in [1.807, 2.05) is 6.08 Å². The lowest BCUT2D eigenvalue weighted by Gasteiger charge is -2.13. The molecule has 0 fully saturated rings. The molecule has 0 amide bonds. The van der Waals surface area contributed by atoms with Gasteiger partial charge in [0, 0.05) is 6.04 Å². The van der Waals surface area contributed by atoms with Crippen LogP contribution in [0.5, 0.6) is 0 Å². The fourth-order valence-electron chi connectivity index (χ4n) is 1.53. The topological polar surface area (TPSA) is 12.0 Å². The van der Waals surface area contributed by atoms with Crippen molar-refractivity contribution in [1.29, 1.82) is 0 Å². The van der Waals surface area contributed by atoms with Gasteiger partial charge in [-0.1, -0.05) is 32.8 Å². The molecule has 1 N–H and O–H groups in total. The summed E-state index contributed by atoms with van der Waals surface area (Å²) in [5, 5.41) is 3.54. The summed E-state index contributed by atoms with van der Waals surface area (Å²) in [5.74, 6) is 0.850. The van der Waals surface area contributed by atoms with Crippen LogP contribution in [-0.2, 0) is 0 Å². The fourth-order valence-corrected chi connectivity index (χ4v) is 1.53. The molecule has 1 heteroatoms. The van der Waals surface area contributed by atoms with Crippen molar-refractivity contribution in [2.24, 2.45) is 5.92 Å². The first kappa shape index (κ1) is 13.7. The molecule has 0 aromatic heterocycles.